The highest BCUT2D eigenvalue weighted by molar-refractivity contribution is 8.01. The summed E-state index contributed by atoms with van der Waals surface area (Å²) >= 11 is -0.0916. The molecule has 3 rings (SSSR count). The highest BCUT2D eigenvalue weighted by Crippen LogP contribution is 2.60. The van der Waals surface area contributed by atoms with Crippen molar-refractivity contribution in [3.63, 3.8) is 0 Å². The molecule has 23 heavy (non-hydrogen) atoms. The summed E-state index contributed by atoms with van der Waals surface area (Å²) in [6, 6.07) is 4.93. The molecule has 0 aliphatic carbocycles. The summed E-state index contributed by atoms with van der Waals surface area (Å²) in [4.78, 5) is 13.2. The number of alkyl halides is 3. The molecule has 1 aromatic carbocycles. The van der Waals surface area contributed by atoms with Crippen LogP contribution >= 0.6 is 11.8 Å². The number of thioether (sulfide) groups is 1. The average molecular weight is 348 g/mol. The smallest absolute Gasteiger partial charge is 0.442 e. The molecule has 1 N–H and O–H groups in total. The highest BCUT2D eigenvalue weighted by atomic mass is 32.2. The fourth-order valence-electron chi connectivity index (χ4n) is 3.24. The fourth-order valence-corrected chi connectivity index (χ4v) is 4.42. The van der Waals surface area contributed by atoms with Gasteiger partial charge in [0.25, 0.3) is 0 Å². The molecule has 2 aliphatic heterocycles. The molecule has 9 heteroatoms. The van der Waals surface area contributed by atoms with Crippen LogP contribution < -0.4 is 10.1 Å². The first-order valence-corrected chi connectivity index (χ1v) is 7.69. The van der Waals surface area contributed by atoms with Gasteiger partial charge < -0.3 is 14.8 Å². The second-order valence-corrected chi connectivity index (χ2v) is 6.70. The van der Waals surface area contributed by atoms with Gasteiger partial charge in [0, 0.05) is 12.2 Å². The van der Waals surface area contributed by atoms with Crippen LogP contribution in [0.25, 0.3) is 0 Å². The quantitative estimate of drug-likeness (QED) is 0.888. The third kappa shape index (κ3) is 2.56. The van der Waals surface area contributed by atoms with E-state index in [1.165, 1.54) is 19.1 Å². The monoisotopic (exact) mass is 348 g/mol. The Morgan fingerprint density at radius 2 is 2.17 bits per heavy atom. The third-order valence-corrected chi connectivity index (χ3v) is 5.40. The molecule has 5 nitrogen and oxygen atoms in total. The Hall–Kier alpha value is -1.77. The van der Waals surface area contributed by atoms with E-state index in [2.05, 4.69) is 5.32 Å². The predicted molar refractivity (Wildman–Crippen MR) is 79.5 cm³/mol. The van der Waals surface area contributed by atoms with Crippen molar-refractivity contribution < 1.29 is 27.4 Å². The van der Waals surface area contributed by atoms with E-state index in [1.54, 1.807) is 18.2 Å². The molecule has 2 atom stereocenters. The Bertz CT molecular complexity index is 640. The van der Waals surface area contributed by atoms with E-state index in [9.17, 15) is 18.0 Å². The summed E-state index contributed by atoms with van der Waals surface area (Å²) in [5, 5.41) is 3.03. The van der Waals surface area contributed by atoms with Crippen LogP contribution in [0.15, 0.2) is 18.2 Å². The van der Waals surface area contributed by atoms with Gasteiger partial charge in [-0.25, -0.2) is 4.79 Å². The Morgan fingerprint density at radius 3 is 2.78 bits per heavy atom. The normalized spacial score (nSPS) is 25.6. The first-order chi connectivity index (χ1) is 10.8. The van der Waals surface area contributed by atoms with Crippen LogP contribution in [0.1, 0.15) is 12.0 Å². The van der Waals surface area contributed by atoms with Gasteiger partial charge in [-0.1, -0.05) is 0 Å². The molecule has 0 radical (unpaired) electrons. The SMILES string of the molecule is COC(=O)N1CC[C@@]2(SC(F)(F)F)c3cc(OC)ccc3N[C@@H]12. The van der Waals surface area contributed by atoms with E-state index in [0.29, 0.717) is 17.0 Å². The number of halogens is 3. The first-order valence-electron chi connectivity index (χ1n) is 6.87. The third-order valence-electron chi connectivity index (χ3n) is 4.16. The van der Waals surface area contributed by atoms with Gasteiger partial charge in [0.05, 0.1) is 19.0 Å². The van der Waals surface area contributed by atoms with Crippen molar-refractivity contribution in [2.24, 2.45) is 0 Å². The maximum absolute atomic E-state index is 13.2. The molecular formula is C14H15F3N2O3S. The van der Waals surface area contributed by atoms with E-state index >= 15 is 0 Å². The van der Waals surface area contributed by atoms with Crippen molar-refractivity contribution in [1.29, 1.82) is 0 Å². The summed E-state index contributed by atoms with van der Waals surface area (Å²) in [5.74, 6) is 0.477. The zero-order valence-electron chi connectivity index (χ0n) is 12.4. The number of benzene rings is 1. The highest BCUT2D eigenvalue weighted by Gasteiger charge is 2.60. The van der Waals surface area contributed by atoms with E-state index < -0.39 is 22.5 Å². The summed E-state index contributed by atoms with van der Waals surface area (Å²) in [5.41, 5.74) is -3.37. The summed E-state index contributed by atoms with van der Waals surface area (Å²) in [7, 11) is 2.67. The van der Waals surface area contributed by atoms with Crippen LogP contribution in [0.4, 0.5) is 23.7 Å². The van der Waals surface area contributed by atoms with Gasteiger partial charge in [-0.3, -0.25) is 4.90 Å². The average Bonchev–Trinajstić information content (AvgIpc) is 2.97. The minimum Gasteiger partial charge on any atom is -0.497 e. The van der Waals surface area contributed by atoms with Crippen molar-refractivity contribution in [2.45, 2.75) is 22.8 Å². The van der Waals surface area contributed by atoms with Gasteiger partial charge in [0.15, 0.2) is 0 Å². The summed E-state index contributed by atoms with van der Waals surface area (Å²) in [6.07, 6.45) is -1.29. The lowest BCUT2D eigenvalue weighted by Crippen LogP contribution is -2.45. The zero-order chi connectivity index (χ0) is 16.8. The molecule has 0 saturated carbocycles. The minimum absolute atomic E-state index is 0.0916. The predicted octanol–water partition coefficient (Wildman–Crippen LogP) is 3.37. The number of nitrogens with one attached hydrogen (secondary N) is 1. The van der Waals surface area contributed by atoms with Gasteiger partial charge >= 0.3 is 11.6 Å². The van der Waals surface area contributed by atoms with E-state index in [4.69, 9.17) is 9.47 Å². The summed E-state index contributed by atoms with van der Waals surface area (Å²) < 4.78 is 48.1. The number of nitrogens with zero attached hydrogens (tertiary/aromatic N) is 1. The van der Waals surface area contributed by atoms with Crippen molar-refractivity contribution in [3.05, 3.63) is 23.8 Å². The van der Waals surface area contributed by atoms with Crippen LogP contribution in [0.2, 0.25) is 0 Å². The molecule has 1 amide bonds. The van der Waals surface area contributed by atoms with Crippen LogP contribution in [0.5, 0.6) is 5.75 Å². The fraction of sp³-hybridized carbons (Fsp3) is 0.500. The van der Waals surface area contributed by atoms with Crippen molar-refractivity contribution in [1.82, 2.24) is 4.90 Å². The van der Waals surface area contributed by atoms with Crippen LogP contribution in [0, 0.1) is 0 Å². The number of amides is 1. The van der Waals surface area contributed by atoms with E-state index in [1.807, 2.05) is 0 Å². The largest absolute Gasteiger partial charge is 0.497 e. The minimum atomic E-state index is -4.43. The Balaban J connectivity index is 2.07. The Kier molecular flexibility index (Phi) is 3.78. The molecule has 1 aromatic rings. The number of fused-ring (bicyclic) bond motifs is 3. The lowest BCUT2D eigenvalue weighted by atomic mass is 9.97. The molecule has 2 aliphatic rings. The molecule has 126 valence electrons. The molecule has 0 bridgehead atoms. The van der Waals surface area contributed by atoms with Crippen molar-refractivity contribution in [2.75, 3.05) is 26.1 Å². The number of anilines is 1. The van der Waals surface area contributed by atoms with Gasteiger partial charge in [0.2, 0.25) is 0 Å². The first kappa shape index (κ1) is 16.1. The lowest BCUT2D eigenvalue weighted by molar-refractivity contribution is -0.0346. The van der Waals surface area contributed by atoms with Crippen LogP contribution in [-0.2, 0) is 9.48 Å². The van der Waals surface area contributed by atoms with E-state index in [-0.39, 0.29) is 24.7 Å². The van der Waals surface area contributed by atoms with Crippen LogP contribution in [0.3, 0.4) is 0 Å². The summed E-state index contributed by atoms with van der Waals surface area (Å²) in [6.45, 7) is 0.185. The van der Waals surface area contributed by atoms with Gasteiger partial charge in [-0.2, -0.15) is 13.2 Å². The number of hydrogen-bond donors (Lipinski definition) is 1. The zero-order valence-corrected chi connectivity index (χ0v) is 13.3. The number of ether oxygens (including phenoxy) is 2. The molecule has 0 unspecified atom stereocenters. The number of hydrogen-bond acceptors (Lipinski definition) is 5. The number of carbonyl (C=O) groups is 1. The number of rotatable bonds is 2. The lowest BCUT2D eigenvalue weighted by Gasteiger charge is -2.31. The molecule has 0 spiro atoms. The second kappa shape index (κ2) is 5.40. The van der Waals surface area contributed by atoms with Crippen molar-refractivity contribution in [3.8, 4) is 5.75 Å². The molecule has 2 heterocycles. The number of methoxy groups -OCH3 is 2. The maximum atomic E-state index is 13.2. The standard InChI is InChI=1S/C14H15F3N2O3S/c1-21-8-3-4-10-9(7-8)13(23-14(15,16)17)5-6-19(11(13)18-10)12(20)22-2/h3-4,7,11,18H,5-6H2,1-2H3/t11-,13+/m0/s1. The van der Waals surface area contributed by atoms with Gasteiger partial charge in [-0.15, -0.1) is 0 Å². The van der Waals surface area contributed by atoms with Crippen molar-refractivity contribution >= 4 is 23.5 Å². The van der Waals surface area contributed by atoms with Gasteiger partial charge in [-0.05, 0) is 41.9 Å². The number of carbonyl (C=O) groups excluding carboxylic acids is 1. The van der Waals surface area contributed by atoms with Gasteiger partial charge in [0.1, 0.15) is 11.9 Å². The topological polar surface area (TPSA) is 50.8 Å². The molecule has 1 saturated heterocycles. The molecular weight excluding hydrogens is 333 g/mol. The molecule has 1 fully saturated rings. The Morgan fingerprint density at radius 1 is 1.43 bits per heavy atom. The maximum Gasteiger partial charge on any atom is 0.442 e. The second-order valence-electron chi connectivity index (χ2n) is 5.31. The van der Waals surface area contributed by atoms with Crippen LogP contribution in [-0.4, -0.2) is 43.4 Å². The number of likely N-dealkylation sites (tertiary alicyclic amines) is 1. The Labute approximate surface area is 135 Å². The van der Waals surface area contributed by atoms with E-state index in [0.717, 1.165) is 0 Å². The molecule has 0 aromatic heterocycles.